The molecule has 3 N–H and O–H groups in total. The number of carbonyl (C=O) groups is 1. The number of hydrogen-bond donors (Lipinski definition) is 3. The molecule has 0 aliphatic carbocycles. The first-order chi connectivity index (χ1) is 22.0. The van der Waals surface area contributed by atoms with E-state index in [0.717, 1.165) is 51.4 Å². The molecule has 0 aliphatic heterocycles. The number of rotatable bonds is 33. The maximum absolute atomic E-state index is 12.7. The average molecular weight is 674 g/mol. The summed E-state index contributed by atoms with van der Waals surface area (Å²) in [4.78, 5) is 22.9. The first-order valence-electron chi connectivity index (χ1n) is 18.7. The summed E-state index contributed by atoms with van der Waals surface area (Å²) in [5.41, 5.74) is 0. The third-order valence-electron chi connectivity index (χ3n) is 8.17. The zero-order valence-corrected chi connectivity index (χ0v) is 31.5. The van der Waals surface area contributed by atoms with Crippen molar-refractivity contribution in [2.45, 2.75) is 167 Å². The van der Waals surface area contributed by atoms with E-state index in [1.165, 1.54) is 83.5 Å². The third-order valence-corrected chi connectivity index (χ3v) is 9.15. The van der Waals surface area contributed by atoms with Gasteiger partial charge in [0.15, 0.2) is 0 Å². The molecule has 3 unspecified atom stereocenters. The van der Waals surface area contributed by atoms with Gasteiger partial charge in [-0.25, -0.2) is 4.57 Å². The van der Waals surface area contributed by atoms with Gasteiger partial charge in [-0.3, -0.25) is 13.8 Å². The van der Waals surface area contributed by atoms with E-state index in [0.29, 0.717) is 17.4 Å². The van der Waals surface area contributed by atoms with Gasteiger partial charge in [0.05, 0.1) is 39.9 Å². The molecule has 0 bridgehead atoms. The Labute approximate surface area is 284 Å². The van der Waals surface area contributed by atoms with Crippen molar-refractivity contribution >= 4 is 13.7 Å². The molecule has 3 atom stereocenters. The monoisotopic (exact) mass is 674 g/mol. The smallest absolute Gasteiger partial charge is 0.387 e. The van der Waals surface area contributed by atoms with Crippen molar-refractivity contribution in [3.63, 3.8) is 0 Å². The van der Waals surface area contributed by atoms with Gasteiger partial charge in [-0.2, -0.15) is 0 Å². The van der Waals surface area contributed by atoms with Crippen LogP contribution in [-0.2, 0) is 18.4 Å². The van der Waals surface area contributed by atoms with Gasteiger partial charge in [0.2, 0.25) is 5.91 Å². The normalized spacial score (nSPS) is 15.0. The molecular formula is C37H74N2O6P+. The van der Waals surface area contributed by atoms with Gasteiger partial charge >= 0.3 is 7.82 Å². The first-order valence-corrected chi connectivity index (χ1v) is 20.2. The van der Waals surface area contributed by atoms with Crippen LogP contribution in [0.3, 0.4) is 0 Å². The number of aliphatic hydroxyl groups excluding tert-OH is 1. The SMILES string of the molecule is CCCCCCCC/C=C\CCCCCCCC(=O)NC(COP(=O)(O)OCC[N+](C)(C)C)C(O)/C=C/CCCCCCCCC. The molecule has 1 amide bonds. The van der Waals surface area contributed by atoms with Gasteiger partial charge < -0.3 is 19.8 Å². The maximum Gasteiger partial charge on any atom is 0.472 e. The fourth-order valence-electron chi connectivity index (χ4n) is 5.09. The summed E-state index contributed by atoms with van der Waals surface area (Å²) in [5.74, 6) is -0.190. The van der Waals surface area contributed by atoms with Gasteiger partial charge in [-0.15, -0.1) is 0 Å². The molecule has 46 heavy (non-hydrogen) atoms. The van der Waals surface area contributed by atoms with Gasteiger partial charge in [0.25, 0.3) is 0 Å². The van der Waals surface area contributed by atoms with E-state index in [2.05, 4.69) is 31.3 Å². The number of phosphoric ester groups is 1. The standard InChI is InChI=1S/C37H73N2O6P/c1-6-8-10-12-14-16-17-18-19-20-21-23-25-27-29-31-37(41)38-35(34-45-46(42,43)44-33-32-39(3,4)5)36(40)30-28-26-24-22-15-13-11-9-7-2/h18-19,28,30,35-36,40H,6-17,20-27,29,31-34H2,1-5H3,(H-,38,41,42,43)/p+1/b19-18-,30-28+. The molecule has 0 saturated carbocycles. The molecule has 0 aromatic rings. The molecule has 0 fully saturated rings. The fraction of sp³-hybridized carbons (Fsp3) is 0.865. The lowest BCUT2D eigenvalue weighted by atomic mass is 10.1. The Morgan fingerprint density at radius 1 is 0.717 bits per heavy atom. The van der Waals surface area contributed by atoms with Crippen molar-refractivity contribution in [1.82, 2.24) is 5.32 Å². The number of quaternary nitrogens is 1. The van der Waals surface area contributed by atoms with Gasteiger partial charge in [0.1, 0.15) is 13.2 Å². The number of aliphatic hydroxyl groups is 1. The largest absolute Gasteiger partial charge is 0.472 e. The van der Waals surface area contributed by atoms with Crippen molar-refractivity contribution in [2.24, 2.45) is 0 Å². The third kappa shape index (κ3) is 31.6. The number of nitrogens with one attached hydrogen (secondary N) is 1. The molecule has 0 aromatic carbocycles. The summed E-state index contributed by atoms with van der Waals surface area (Å²) < 4.78 is 23.4. The predicted molar refractivity (Wildman–Crippen MR) is 194 cm³/mol. The van der Waals surface area contributed by atoms with Crippen molar-refractivity contribution in [3.05, 3.63) is 24.3 Å². The van der Waals surface area contributed by atoms with E-state index < -0.39 is 20.0 Å². The Bertz CT molecular complexity index is 814. The maximum atomic E-state index is 12.7. The summed E-state index contributed by atoms with van der Waals surface area (Å²) in [6.07, 6.45) is 32.4. The lowest BCUT2D eigenvalue weighted by molar-refractivity contribution is -0.870. The topological polar surface area (TPSA) is 105 Å². The summed E-state index contributed by atoms with van der Waals surface area (Å²) in [7, 11) is 1.56. The highest BCUT2D eigenvalue weighted by atomic mass is 31.2. The van der Waals surface area contributed by atoms with Crippen molar-refractivity contribution < 1.29 is 32.9 Å². The molecule has 0 rings (SSSR count). The lowest BCUT2D eigenvalue weighted by Crippen LogP contribution is -2.45. The molecular weight excluding hydrogens is 599 g/mol. The van der Waals surface area contributed by atoms with Crippen LogP contribution in [0.4, 0.5) is 0 Å². The zero-order valence-electron chi connectivity index (χ0n) is 30.6. The minimum atomic E-state index is -4.32. The number of allylic oxidation sites excluding steroid dienone is 3. The first kappa shape index (κ1) is 45.0. The van der Waals surface area contributed by atoms with Gasteiger partial charge in [0, 0.05) is 6.42 Å². The fourth-order valence-corrected chi connectivity index (χ4v) is 5.83. The van der Waals surface area contributed by atoms with Crippen LogP contribution in [0, 0.1) is 0 Å². The van der Waals surface area contributed by atoms with Crippen LogP contribution in [0.25, 0.3) is 0 Å². The van der Waals surface area contributed by atoms with E-state index in [4.69, 9.17) is 9.05 Å². The predicted octanol–water partition coefficient (Wildman–Crippen LogP) is 9.41. The van der Waals surface area contributed by atoms with E-state index in [1.54, 1.807) is 6.08 Å². The van der Waals surface area contributed by atoms with E-state index in [1.807, 2.05) is 27.2 Å². The Kier molecular flexibility index (Phi) is 29.4. The number of phosphoric acid groups is 1. The van der Waals surface area contributed by atoms with Gasteiger partial charge in [-0.05, 0) is 44.9 Å². The second-order valence-corrected chi connectivity index (χ2v) is 15.4. The lowest BCUT2D eigenvalue weighted by Gasteiger charge is -2.25. The molecule has 0 saturated heterocycles. The van der Waals surface area contributed by atoms with Crippen molar-refractivity contribution in [2.75, 3.05) is 40.9 Å². The average Bonchev–Trinajstić information content (AvgIpc) is 2.99. The highest BCUT2D eigenvalue weighted by Gasteiger charge is 2.27. The quantitative estimate of drug-likeness (QED) is 0.0278. The molecule has 8 nitrogen and oxygen atoms in total. The number of unbranched alkanes of at least 4 members (excludes halogenated alkanes) is 18. The molecule has 0 radical (unpaired) electrons. The minimum Gasteiger partial charge on any atom is -0.387 e. The Morgan fingerprint density at radius 2 is 1.17 bits per heavy atom. The van der Waals surface area contributed by atoms with Crippen LogP contribution >= 0.6 is 7.82 Å². The number of nitrogens with zero attached hydrogens (tertiary/aromatic N) is 1. The summed E-state index contributed by atoms with van der Waals surface area (Å²) >= 11 is 0. The van der Waals surface area contributed by atoms with Crippen LogP contribution in [0.1, 0.15) is 155 Å². The molecule has 9 heteroatoms. The molecule has 0 spiro atoms. The molecule has 272 valence electrons. The van der Waals surface area contributed by atoms with E-state index >= 15 is 0 Å². The van der Waals surface area contributed by atoms with E-state index in [-0.39, 0.29) is 19.1 Å². The summed E-state index contributed by atoms with van der Waals surface area (Å²) in [5, 5.41) is 13.7. The highest BCUT2D eigenvalue weighted by molar-refractivity contribution is 7.47. The number of likely N-dealkylation sites (N-methyl/N-ethyl adjacent to an activating group) is 1. The van der Waals surface area contributed by atoms with Crippen molar-refractivity contribution in [3.8, 4) is 0 Å². The van der Waals surface area contributed by atoms with Gasteiger partial charge in [-0.1, -0.05) is 128 Å². The Morgan fingerprint density at radius 3 is 1.67 bits per heavy atom. The molecule has 0 aromatic heterocycles. The van der Waals surface area contributed by atoms with E-state index in [9.17, 15) is 19.4 Å². The van der Waals surface area contributed by atoms with Crippen LogP contribution in [0.15, 0.2) is 24.3 Å². The molecule has 0 heterocycles. The highest BCUT2D eigenvalue weighted by Crippen LogP contribution is 2.43. The molecule has 0 aliphatic rings. The second kappa shape index (κ2) is 30.1. The zero-order chi connectivity index (χ0) is 34.4. The number of amides is 1. The summed E-state index contributed by atoms with van der Waals surface area (Å²) in [6, 6.07) is -0.844. The number of carbonyl (C=O) groups excluding carboxylic acids is 1. The minimum absolute atomic E-state index is 0.0602. The van der Waals surface area contributed by atoms with Crippen LogP contribution in [-0.4, -0.2) is 73.4 Å². The number of hydrogen-bond acceptors (Lipinski definition) is 5. The summed E-state index contributed by atoms with van der Waals surface area (Å²) in [6.45, 7) is 4.75. The van der Waals surface area contributed by atoms with Crippen LogP contribution in [0.2, 0.25) is 0 Å². The van der Waals surface area contributed by atoms with Crippen LogP contribution < -0.4 is 5.32 Å². The van der Waals surface area contributed by atoms with Crippen molar-refractivity contribution in [1.29, 1.82) is 0 Å². The second-order valence-electron chi connectivity index (χ2n) is 13.9. The van der Waals surface area contributed by atoms with Crippen LogP contribution in [0.5, 0.6) is 0 Å². The Balaban J connectivity index is 4.51. The Hall–Kier alpha value is -1.02.